The van der Waals surface area contributed by atoms with Gasteiger partial charge in [-0.25, -0.2) is 4.98 Å². The topological polar surface area (TPSA) is 60.6 Å². The van der Waals surface area contributed by atoms with E-state index in [-0.39, 0.29) is 12.4 Å². The summed E-state index contributed by atoms with van der Waals surface area (Å²) < 4.78 is 10.6. The maximum atomic E-state index is 5.57. The lowest BCUT2D eigenvalue weighted by molar-refractivity contribution is 0.0448. The molecule has 106 valence electrons. The van der Waals surface area contributed by atoms with Crippen LogP contribution in [-0.2, 0) is 16.0 Å². The molecular formula is C11H22ClN3O2S. The lowest BCUT2D eigenvalue weighted by Crippen LogP contribution is -2.23. The zero-order valence-electron chi connectivity index (χ0n) is 10.9. The van der Waals surface area contributed by atoms with Crippen LogP contribution in [-0.4, -0.2) is 49.9 Å². The average Bonchev–Trinajstić information content (AvgIpc) is 2.69. The fourth-order valence-electron chi connectivity index (χ4n) is 1.33. The Hall–Kier alpha value is -0.400. The van der Waals surface area contributed by atoms with Gasteiger partial charge in [0.1, 0.15) is 0 Å². The molecule has 0 spiro atoms. The van der Waals surface area contributed by atoms with Gasteiger partial charge >= 0.3 is 0 Å². The molecule has 0 unspecified atom stereocenters. The first-order valence-electron chi connectivity index (χ1n) is 5.76. The molecule has 5 nitrogen and oxygen atoms in total. The number of nitrogen functional groups attached to an aromatic ring is 1. The van der Waals surface area contributed by atoms with Gasteiger partial charge in [-0.3, -0.25) is 4.90 Å². The van der Waals surface area contributed by atoms with Crippen molar-refractivity contribution in [3.05, 3.63) is 11.1 Å². The van der Waals surface area contributed by atoms with Gasteiger partial charge < -0.3 is 15.2 Å². The smallest absolute Gasteiger partial charge is 0.180 e. The number of nitrogens with zero attached hydrogens (tertiary/aromatic N) is 2. The van der Waals surface area contributed by atoms with Crippen molar-refractivity contribution in [3.8, 4) is 0 Å². The van der Waals surface area contributed by atoms with Crippen LogP contribution in [0.5, 0.6) is 0 Å². The van der Waals surface area contributed by atoms with Gasteiger partial charge in [0, 0.05) is 30.8 Å². The van der Waals surface area contributed by atoms with Crippen LogP contribution in [0.15, 0.2) is 6.20 Å². The number of aromatic nitrogens is 1. The number of thiazole rings is 1. The fraction of sp³-hybridized carbons (Fsp3) is 0.727. The van der Waals surface area contributed by atoms with Gasteiger partial charge in [-0.05, 0) is 14.0 Å². The molecule has 0 aliphatic carbocycles. The van der Waals surface area contributed by atoms with Crippen LogP contribution in [0.3, 0.4) is 0 Å². The highest BCUT2D eigenvalue weighted by Gasteiger charge is 2.03. The number of halogens is 1. The molecule has 0 atom stereocenters. The normalized spacial score (nSPS) is 10.6. The van der Waals surface area contributed by atoms with Crippen LogP contribution in [0.4, 0.5) is 5.13 Å². The maximum Gasteiger partial charge on any atom is 0.180 e. The van der Waals surface area contributed by atoms with Crippen LogP contribution < -0.4 is 5.73 Å². The molecule has 0 radical (unpaired) electrons. The average molecular weight is 296 g/mol. The minimum atomic E-state index is 0. The van der Waals surface area contributed by atoms with Gasteiger partial charge in [-0.2, -0.15) is 0 Å². The number of anilines is 1. The molecule has 0 amide bonds. The lowest BCUT2D eigenvalue weighted by Gasteiger charge is -2.15. The summed E-state index contributed by atoms with van der Waals surface area (Å²) in [6.45, 7) is 6.54. The van der Waals surface area contributed by atoms with Crippen LogP contribution in [0.25, 0.3) is 0 Å². The van der Waals surface area contributed by atoms with Crippen molar-refractivity contribution in [1.29, 1.82) is 0 Å². The Morgan fingerprint density at radius 2 is 2.06 bits per heavy atom. The summed E-state index contributed by atoms with van der Waals surface area (Å²) in [5.41, 5.74) is 5.57. The first-order valence-corrected chi connectivity index (χ1v) is 6.58. The predicted octanol–water partition coefficient (Wildman–Crippen LogP) is 1.63. The van der Waals surface area contributed by atoms with E-state index in [1.54, 1.807) is 0 Å². The highest BCUT2D eigenvalue weighted by molar-refractivity contribution is 7.15. The van der Waals surface area contributed by atoms with E-state index < -0.39 is 0 Å². The first-order chi connectivity index (χ1) is 8.22. The van der Waals surface area contributed by atoms with Crippen molar-refractivity contribution in [2.75, 3.05) is 45.8 Å². The molecular weight excluding hydrogens is 274 g/mol. The second kappa shape index (κ2) is 10.5. The highest BCUT2D eigenvalue weighted by Crippen LogP contribution is 2.15. The van der Waals surface area contributed by atoms with Crippen LogP contribution in [0.2, 0.25) is 0 Å². The molecule has 1 aromatic heterocycles. The highest BCUT2D eigenvalue weighted by atomic mass is 35.5. The quantitative estimate of drug-likeness (QED) is 0.702. The van der Waals surface area contributed by atoms with Gasteiger partial charge in [0.15, 0.2) is 5.13 Å². The van der Waals surface area contributed by atoms with E-state index in [1.165, 1.54) is 16.2 Å². The number of rotatable bonds is 9. The van der Waals surface area contributed by atoms with Crippen molar-refractivity contribution in [1.82, 2.24) is 9.88 Å². The summed E-state index contributed by atoms with van der Waals surface area (Å²) in [5.74, 6) is 0. The van der Waals surface area contributed by atoms with Crippen LogP contribution in [0, 0.1) is 0 Å². The van der Waals surface area contributed by atoms with Gasteiger partial charge in [-0.15, -0.1) is 23.7 Å². The second-order valence-electron chi connectivity index (χ2n) is 3.71. The summed E-state index contributed by atoms with van der Waals surface area (Å²) in [6.07, 6.45) is 1.83. The molecule has 1 aromatic rings. The standard InChI is InChI=1S/C11H21N3O2S.ClH/c1-3-15-6-7-16-5-4-14(2)9-10-8-13-11(12)17-10;/h8H,3-7,9H2,1-2H3,(H2,12,13);1H. The molecule has 0 aliphatic heterocycles. The molecule has 0 aliphatic rings. The van der Waals surface area contributed by atoms with Crippen molar-refractivity contribution < 1.29 is 9.47 Å². The molecule has 0 fully saturated rings. The number of likely N-dealkylation sites (N-methyl/N-ethyl adjacent to an activating group) is 1. The molecule has 0 saturated heterocycles. The Bertz CT molecular complexity index is 312. The lowest BCUT2D eigenvalue weighted by atomic mass is 10.5. The van der Waals surface area contributed by atoms with Gasteiger partial charge in [0.05, 0.1) is 19.8 Å². The van der Waals surface area contributed by atoms with Crippen LogP contribution >= 0.6 is 23.7 Å². The Morgan fingerprint density at radius 3 is 2.67 bits per heavy atom. The Labute approximate surface area is 119 Å². The number of ether oxygens (including phenoxy) is 2. The van der Waals surface area contributed by atoms with Crippen LogP contribution in [0.1, 0.15) is 11.8 Å². The van der Waals surface area contributed by atoms with E-state index in [0.29, 0.717) is 18.3 Å². The first kappa shape index (κ1) is 17.6. The zero-order chi connectivity index (χ0) is 12.5. The summed E-state index contributed by atoms with van der Waals surface area (Å²) >= 11 is 1.53. The monoisotopic (exact) mass is 295 g/mol. The summed E-state index contributed by atoms with van der Waals surface area (Å²) in [5, 5.41) is 0.626. The third-order valence-electron chi connectivity index (χ3n) is 2.19. The third kappa shape index (κ3) is 7.84. The minimum Gasteiger partial charge on any atom is -0.379 e. The van der Waals surface area contributed by atoms with Gasteiger partial charge in [0.2, 0.25) is 0 Å². The summed E-state index contributed by atoms with van der Waals surface area (Å²) in [7, 11) is 2.06. The Kier molecular flexibility index (Phi) is 10.3. The molecule has 0 bridgehead atoms. The molecule has 1 heterocycles. The molecule has 7 heteroatoms. The largest absolute Gasteiger partial charge is 0.379 e. The van der Waals surface area contributed by atoms with Crippen molar-refractivity contribution in [2.45, 2.75) is 13.5 Å². The number of hydrogen-bond acceptors (Lipinski definition) is 6. The van der Waals surface area contributed by atoms with Crippen molar-refractivity contribution in [3.63, 3.8) is 0 Å². The summed E-state index contributed by atoms with van der Waals surface area (Å²) in [6, 6.07) is 0. The number of hydrogen-bond donors (Lipinski definition) is 1. The second-order valence-corrected chi connectivity index (χ2v) is 4.86. The third-order valence-corrected chi connectivity index (χ3v) is 3.00. The Balaban J connectivity index is 0.00000289. The molecule has 0 aromatic carbocycles. The number of nitrogens with two attached hydrogens (primary N) is 1. The van der Waals surface area contributed by atoms with E-state index in [4.69, 9.17) is 15.2 Å². The molecule has 1 rings (SSSR count). The van der Waals surface area contributed by atoms with Crippen molar-refractivity contribution >= 4 is 28.9 Å². The molecule has 2 N–H and O–H groups in total. The van der Waals surface area contributed by atoms with Gasteiger partial charge in [0.25, 0.3) is 0 Å². The van der Waals surface area contributed by atoms with E-state index >= 15 is 0 Å². The van der Waals surface area contributed by atoms with E-state index in [9.17, 15) is 0 Å². The summed E-state index contributed by atoms with van der Waals surface area (Å²) in [4.78, 5) is 7.39. The van der Waals surface area contributed by atoms with Crippen molar-refractivity contribution in [2.24, 2.45) is 0 Å². The van der Waals surface area contributed by atoms with E-state index in [2.05, 4.69) is 16.9 Å². The van der Waals surface area contributed by atoms with E-state index in [0.717, 1.165) is 26.3 Å². The minimum absolute atomic E-state index is 0. The zero-order valence-corrected chi connectivity index (χ0v) is 12.6. The molecule has 18 heavy (non-hydrogen) atoms. The predicted molar refractivity (Wildman–Crippen MR) is 77.4 cm³/mol. The maximum absolute atomic E-state index is 5.57. The van der Waals surface area contributed by atoms with E-state index in [1.807, 2.05) is 13.1 Å². The SMILES string of the molecule is CCOCCOCCN(C)Cc1cnc(N)s1.Cl. The molecule has 0 saturated carbocycles. The fourth-order valence-corrected chi connectivity index (χ4v) is 2.09. The van der Waals surface area contributed by atoms with Gasteiger partial charge in [-0.1, -0.05) is 0 Å². The Morgan fingerprint density at radius 1 is 1.33 bits per heavy atom.